The van der Waals surface area contributed by atoms with Gasteiger partial charge in [-0.2, -0.15) is 0 Å². The van der Waals surface area contributed by atoms with Crippen LogP contribution in [-0.4, -0.2) is 25.4 Å². The van der Waals surface area contributed by atoms with Gasteiger partial charge in [-0.05, 0) is 24.8 Å². The minimum absolute atomic E-state index is 0.0934. The van der Waals surface area contributed by atoms with Crippen molar-refractivity contribution in [2.75, 3.05) is 0 Å². The number of nitrogens with zero attached hydrogens (tertiary/aromatic N) is 4. The molecule has 0 spiro atoms. The lowest BCUT2D eigenvalue weighted by atomic mass is 10.2. The first kappa shape index (κ1) is 12.6. The quantitative estimate of drug-likeness (QED) is 0.746. The third kappa shape index (κ3) is 2.63. The van der Waals surface area contributed by atoms with Gasteiger partial charge >= 0.3 is 0 Å². The van der Waals surface area contributed by atoms with Gasteiger partial charge in [-0.25, -0.2) is 15.0 Å². The van der Waals surface area contributed by atoms with E-state index in [9.17, 15) is 0 Å². The Balaban J connectivity index is 2.00. The molecule has 19 heavy (non-hydrogen) atoms. The van der Waals surface area contributed by atoms with E-state index in [2.05, 4.69) is 19.4 Å². The first-order chi connectivity index (χ1) is 9.24. The summed E-state index contributed by atoms with van der Waals surface area (Å²) in [6.07, 6.45) is 6.28. The van der Waals surface area contributed by atoms with E-state index in [1.807, 2.05) is 18.5 Å². The summed E-state index contributed by atoms with van der Waals surface area (Å²) in [6.45, 7) is 2.00. The second-order valence-electron chi connectivity index (χ2n) is 4.23. The van der Waals surface area contributed by atoms with Crippen LogP contribution in [0.3, 0.4) is 0 Å². The fourth-order valence-electron chi connectivity index (χ4n) is 1.81. The molecule has 5 nitrogen and oxygen atoms in total. The minimum Gasteiger partial charge on any atom is -0.328 e. The van der Waals surface area contributed by atoms with Crippen LogP contribution < -0.4 is 5.73 Å². The van der Waals surface area contributed by atoms with Crippen molar-refractivity contribution in [2.45, 2.75) is 29.6 Å². The molecule has 0 aliphatic carbocycles. The molecule has 0 fully saturated rings. The molecule has 0 saturated carbocycles. The molecule has 0 bridgehead atoms. The molecule has 0 amide bonds. The molecule has 2 N–H and O–H groups in total. The van der Waals surface area contributed by atoms with E-state index >= 15 is 0 Å². The number of nitrogens with two attached hydrogens (primary N) is 1. The molecule has 0 saturated heterocycles. The highest BCUT2D eigenvalue weighted by atomic mass is 32.2. The molecular weight excluding hydrogens is 278 g/mol. The van der Waals surface area contributed by atoms with Crippen molar-refractivity contribution in [2.24, 2.45) is 5.73 Å². The van der Waals surface area contributed by atoms with Gasteiger partial charge in [-0.3, -0.25) is 4.40 Å². The maximum Gasteiger partial charge on any atom is 0.194 e. The average Bonchev–Trinajstić information content (AvgIpc) is 2.94. The van der Waals surface area contributed by atoms with Crippen LogP contribution in [0.1, 0.15) is 12.6 Å². The van der Waals surface area contributed by atoms with Gasteiger partial charge in [-0.1, -0.05) is 0 Å². The van der Waals surface area contributed by atoms with Crippen molar-refractivity contribution in [1.29, 1.82) is 0 Å². The molecule has 1 unspecified atom stereocenters. The second-order valence-corrected chi connectivity index (χ2v) is 6.06. The van der Waals surface area contributed by atoms with Gasteiger partial charge < -0.3 is 5.73 Å². The predicted octanol–water partition coefficient (Wildman–Crippen LogP) is 2.23. The normalized spacial score (nSPS) is 12.9. The molecule has 3 aromatic rings. The van der Waals surface area contributed by atoms with Crippen molar-refractivity contribution in [3.63, 3.8) is 0 Å². The Morgan fingerprint density at radius 1 is 1.42 bits per heavy atom. The molecule has 0 aliphatic rings. The standard InChI is InChI=1S/C12H13N5S2/c1-8(13)7-9-10(16-12-17(9)5-6-18-12)19-11-14-3-2-4-15-11/h2-6,8H,7,13H2,1H3. The van der Waals surface area contributed by atoms with Gasteiger partial charge in [0.25, 0.3) is 0 Å². The smallest absolute Gasteiger partial charge is 0.194 e. The zero-order chi connectivity index (χ0) is 13.2. The fraction of sp³-hybridized carbons (Fsp3) is 0.250. The Bertz CT molecular complexity index is 674. The molecule has 0 aliphatic heterocycles. The Morgan fingerprint density at radius 3 is 2.95 bits per heavy atom. The van der Waals surface area contributed by atoms with E-state index in [1.54, 1.807) is 29.8 Å². The van der Waals surface area contributed by atoms with Gasteiger partial charge in [0.2, 0.25) is 0 Å². The van der Waals surface area contributed by atoms with E-state index in [1.165, 1.54) is 11.8 Å². The number of aromatic nitrogens is 4. The third-order valence-corrected chi connectivity index (χ3v) is 4.24. The molecule has 3 rings (SSSR count). The summed E-state index contributed by atoms with van der Waals surface area (Å²) in [4.78, 5) is 14.1. The van der Waals surface area contributed by atoms with Crippen LogP contribution in [0.5, 0.6) is 0 Å². The predicted molar refractivity (Wildman–Crippen MR) is 76.6 cm³/mol. The summed E-state index contributed by atoms with van der Waals surface area (Å²) in [5.74, 6) is 0. The summed E-state index contributed by atoms with van der Waals surface area (Å²) in [7, 11) is 0. The zero-order valence-electron chi connectivity index (χ0n) is 10.4. The monoisotopic (exact) mass is 291 g/mol. The SMILES string of the molecule is CC(N)Cc1c(Sc2ncccn2)nc2sccn12. The number of imidazole rings is 1. The number of thiazole rings is 1. The van der Waals surface area contributed by atoms with Crippen LogP contribution in [-0.2, 0) is 6.42 Å². The number of hydrogen-bond donors (Lipinski definition) is 1. The van der Waals surface area contributed by atoms with E-state index in [0.717, 1.165) is 22.1 Å². The van der Waals surface area contributed by atoms with E-state index in [4.69, 9.17) is 5.73 Å². The molecule has 0 aromatic carbocycles. The van der Waals surface area contributed by atoms with Crippen LogP contribution in [0.15, 0.2) is 40.2 Å². The number of rotatable bonds is 4. The van der Waals surface area contributed by atoms with Crippen LogP contribution in [0.25, 0.3) is 4.96 Å². The molecule has 98 valence electrons. The first-order valence-corrected chi connectivity index (χ1v) is 7.58. The van der Waals surface area contributed by atoms with E-state index < -0.39 is 0 Å². The van der Waals surface area contributed by atoms with Gasteiger partial charge in [0.15, 0.2) is 10.1 Å². The average molecular weight is 291 g/mol. The fourth-order valence-corrected chi connectivity index (χ4v) is 3.43. The highest BCUT2D eigenvalue weighted by Crippen LogP contribution is 2.30. The summed E-state index contributed by atoms with van der Waals surface area (Å²) in [5.41, 5.74) is 7.06. The maximum atomic E-state index is 5.93. The van der Waals surface area contributed by atoms with Crippen molar-refractivity contribution in [3.05, 3.63) is 35.7 Å². The van der Waals surface area contributed by atoms with Crippen molar-refractivity contribution >= 4 is 28.1 Å². The summed E-state index contributed by atoms with van der Waals surface area (Å²) in [5, 5.41) is 3.68. The minimum atomic E-state index is 0.0934. The zero-order valence-corrected chi connectivity index (χ0v) is 12.0. The van der Waals surface area contributed by atoms with Crippen LogP contribution in [0.4, 0.5) is 0 Å². The molecule has 3 heterocycles. The lowest BCUT2D eigenvalue weighted by molar-refractivity contribution is 0.706. The topological polar surface area (TPSA) is 69.1 Å². The van der Waals surface area contributed by atoms with Crippen LogP contribution >= 0.6 is 23.1 Å². The molecular formula is C12H13N5S2. The Kier molecular flexibility index (Phi) is 3.50. The van der Waals surface area contributed by atoms with E-state index in [-0.39, 0.29) is 6.04 Å². The first-order valence-electron chi connectivity index (χ1n) is 5.89. The maximum absolute atomic E-state index is 5.93. The van der Waals surface area contributed by atoms with Gasteiger partial charge in [-0.15, -0.1) is 11.3 Å². The Morgan fingerprint density at radius 2 is 2.21 bits per heavy atom. The lowest BCUT2D eigenvalue weighted by Gasteiger charge is -2.06. The Hall–Kier alpha value is -1.44. The second kappa shape index (κ2) is 5.28. The lowest BCUT2D eigenvalue weighted by Crippen LogP contribution is -2.19. The largest absolute Gasteiger partial charge is 0.328 e. The molecule has 3 aromatic heterocycles. The Labute approximate surface area is 118 Å². The highest BCUT2D eigenvalue weighted by Gasteiger charge is 2.16. The molecule has 7 heteroatoms. The van der Waals surface area contributed by atoms with Crippen molar-refractivity contribution in [1.82, 2.24) is 19.4 Å². The van der Waals surface area contributed by atoms with Crippen LogP contribution in [0, 0.1) is 0 Å². The number of fused-ring (bicyclic) bond motifs is 1. The molecule has 1 atom stereocenters. The summed E-state index contributed by atoms with van der Waals surface area (Å²) < 4.78 is 2.10. The summed E-state index contributed by atoms with van der Waals surface area (Å²) >= 11 is 3.10. The highest BCUT2D eigenvalue weighted by molar-refractivity contribution is 7.99. The molecule has 0 radical (unpaired) electrons. The third-order valence-electron chi connectivity index (χ3n) is 2.57. The van der Waals surface area contributed by atoms with Crippen molar-refractivity contribution < 1.29 is 0 Å². The summed E-state index contributed by atoms with van der Waals surface area (Å²) in [6, 6.07) is 1.90. The van der Waals surface area contributed by atoms with Crippen molar-refractivity contribution in [3.8, 4) is 0 Å². The van der Waals surface area contributed by atoms with Crippen LogP contribution in [0.2, 0.25) is 0 Å². The van der Waals surface area contributed by atoms with E-state index in [0.29, 0.717) is 5.16 Å². The van der Waals surface area contributed by atoms with Gasteiger partial charge in [0.05, 0.1) is 5.69 Å². The van der Waals surface area contributed by atoms with Gasteiger partial charge in [0.1, 0.15) is 5.03 Å². The number of hydrogen-bond acceptors (Lipinski definition) is 6. The van der Waals surface area contributed by atoms with Gasteiger partial charge in [0, 0.05) is 36.4 Å².